The number of fused-ring (bicyclic) bond motifs is 2. The summed E-state index contributed by atoms with van der Waals surface area (Å²) < 4.78 is 0.922. The van der Waals surface area contributed by atoms with Crippen LogP contribution in [0.5, 0.6) is 0 Å². The van der Waals surface area contributed by atoms with Crippen LogP contribution in [0.1, 0.15) is 5.56 Å². The third kappa shape index (κ3) is 3.70. The van der Waals surface area contributed by atoms with Crippen molar-refractivity contribution in [3.8, 4) is 0 Å². The largest absolute Gasteiger partial charge is 0.251 e. The van der Waals surface area contributed by atoms with E-state index in [0.717, 1.165) is 21.1 Å². The molecule has 0 amide bonds. The molecule has 0 spiro atoms. The molecule has 7 heteroatoms. The number of aromatic nitrogens is 6. The fraction of sp³-hybridized carbons (Fsp3) is 0. The van der Waals surface area contributed by atoms with Gasteiger partial charge in [0.15, 0.2) is 11.3 Å². The zero-order valence-electron chi connectivity index (χ0n) is 12.0. The second-order valence-corrected chi connectivity index (χ2v) is 5.34. The van der Waals surface area contributed by atoms with Crippen LogP contribution in [0.2, 0.25) is 0 Å². The molecule has 4 rings (SSSR count). The predicted molar refractivity (Wildman–Crippen MR) is 92.5 cm³/mol. The smallest absolute Gasteiger partial charge is 0.178 e. The van der Waals surface area contributed by atoms with Crippen molar-refractivity contribution < 1.29 is 0 Å². The lowest BCUT2D eigenvalue weighted by Crippen LogP contribution is -1.86. The first-order valence-electron chi connectivity index (χ1n) is 6.68. The summed E-state index contributed by atoms with van der Waals surface area (Å²) in [5.74, 6) is 0. The number of nitrogens with zero attached hydrogens (tertiary/aromatic N) is 6. The van der Waals surface area contributed by atoms with E-state index < -0.39 is 0 Å². The van der Waals surface area contributed by atoms with Gasteiger partial charge in [-0.2, -0.15) is 0 Å². The molecular weight excluding hydrogens is 356 g/mol. The highest BCUT2D eigenvalue weighted by Gasteiger charge is 1.96. The van der Waals surface area contributed by atoms with Gasteiger partial charge in [-0.15, -0.1) is 0 Å². The number of pyridine rings is 2. The Hall–Kier alpha value is -2.80. The minimum atomic E-state index is 0.670. The van der Waals surface area contributed by atoms with E-state index in [9.17, 15) is 0 Å². The summed E-state index contributed by atoms with van der Waals surface area (Å²) in [5.41, 5.74) is 3.92. The molecule has 0 fully saturated rings. The monoisotopic (exact) mass is 366 g/mol. The van der Waals surface area contributed by atoms with E-state index in [1.807, 2.05) is 12.1 Å². The molecule has 4 aromatic rings. The maximum atomic E-state index is 4.12. The zero-order valence-corrected chi connectivity index (χ0v) is 13.6. The van der Waals surface area contributed by atoms with Crippen LogP contribution in [-0.2, 0) is 0 Å². The molecule has 6 nitrogen and oxygen atoms in total. The highest BCUT2D eigenvalue weighted by Crippen LogP contribution is 2.12. The highest BCUT2D eigenvalue weighted by molar-refractivity contribution is 9.10. The van der Waals surface area contributed by atoms with Crippen LogP contribution >= 0.6 is 15.9 Å². The summed E-state index contributed by atoms with van der Waals surface area (Å²) in [5, 5.41) is 0. The van der Waals surface area contributed by atoms with E-state index in [-0.39, 0.29) is 0 Å². The van der Waals surface area contributed by atoms with Crippen molar-refractivity contribution in [1.29, 1.82) is 0 Å². The quantitative estimate of drug-likeness (QED) is 0.513. The minimum absolute atomic E-state index is 0.670. The van der Waals surface area contributed by atoms with Crippen LogP contribution in [0.15, 0.2) is 60.4 Å². The van der Waals surface area contributed by atoms with Gasteiger partial charge in [0, 0.05) is 41.7 Å². The van der Waals surface area contributed by atoms with E-state index in [4.69, 9.17) is 0 Å². The normalized spacial score (nSPS) is 10.1. The van der Waals surface area contributed by atoms with Crippen LogP contribution in [0, 0.1) is 0 Å². The average Bonchev–Trinajstić information content (AvgIpc) is 2.61. The standard InChI is InChI=1S/C9H7N3.C7H4BrN3/c1-2-7-5-8-9(12-6-7)11-4-3-10-8;8-5-3-6-7(11-4-5)10-2-1-9-6/h2-6H,1H2;1-4H. The fourth-order valence-corrected chi connectivity index (χ4v) is 2.14. The predicted octanol–water partition coefficient (Wildman–Crippen LogP) is 3.46. The second-order valence-electron chi connectivity index (χ2n) is 4.42. The zero-order chi connectivity index (χ0) is 16.1. The van der Waals surface area contributed by atoms with Crippen molar-refractivity contribution in [2.75, 3.05) is 0 Å². The van der Waals surface area contributed by atoms with E-state index in [1.165, 1.54) is 0 Å². The molecule has 0 atom stereocenters. The molecule has 0 aliphatic carbocycles. The molecular formula is C16H11BrN6. The van der Waals surface area contributed by atoms with Crippen LogP contribution in [0.4, 0.5) is 0 Å². The molecule has 0 aliphatic rings. The summed E-state index contributed by atoms with van der Waals surface area (Å²) in [4.78, 5) is 24.4. The van der Waals surface area contributed by atoms with E-state index >= 15 is 0 Å². The second kappa shape index (κ2) is 6.97. The Kier molecular flexibility index (Phi) is 4.58. The van der Waals surface area contributed by atoms with Gasteiger partial charge in [-0.3, -0.25) is 9.97 Å². The SMILES string of the molecule is Brc1cnc2nccnc2c1.C=Cc1cnc2nccnc2c1. The van der Waals surface area contributed by atoms with Gasteiger partial charge in [0.1, 0.15) is 11.0 Å². The number of rotatable bonds is 1. The molecule has 0 saturated carbocycles. The van der Waals surface area contributed by atoms with Crippen molar-refractivity contribution in [3.63, 3.8) is 0 Å². The van der Waals surface area contributed by atoms with Gasteiger partial charge in [-0.1, -0.05) is 12.7 Å². The average molecular weight is 367 g/mol. The first kappa shape index (κ1) is 15.1. The van der Waals surface area contributed by atoms with Gasteiger partial charge in [0.25, 0.3) is 0 Å². The van der Waals surface area contributed by atoms with Crippen molar-refractivity contribution in [2.24, 2.45) is 0 Å². The van der Waals surface area contributed by atoms with Gasteiger partial charge in [-0.25, -0.2) is 19.9 Å². The van der Waals surface area contributed by atoms with Gasteiger partial charge in [-0.05, 0) is 33.6 Å². The van der Waals surface area contributed by atoms with Gasteiger partial charge in [0.05, 0.1) is 0 Å². The Morgan fingerprint density at radius 1 is 0.739 bits per heavy atom. The molecule has 112 valence electrons. The topological polar surface area (TPSA) is 77.3 Å². The molecule has 0 saturated heterocycles. The molecule has 4 heterocycles. The lowest BCUT2D eigenvalue weighted by atomic mass is 10.3. The number of hydrogen-bond acceptors (Lipinski definition) is 6. The maximum absolute atomic E-state index is 4.12. The molecule has 4 aromatic heterocycles. The summed E-state index contributed by atoms with van der Waals surface area (Å²) in [6, 6.07) is 3.79. The van der Waals surface area contributed by atoms with Crippen molar-refractivity contribution in [2.45, 2.75) is 0 Å². The maximum Gasteiger partial charge on any atom is 0.178 e. The van der Waals surface area contributed by atoms with E-state index in [0.29, 0.717) is 11.3 Å². The van der Waals surface area contributed by atoms with E-state index in [2.05, 4.69) is 52.4 Å². The first-order chi connectivity index (χ1) is 11.3. The van der Waals surface area contributed by atoms with Crippen molar-refractivity contribution in [1.82, 2.24) is 29.9 Å². The van der Waals surface area contributed by atoms with Gasteiger partial charge < -0.3 is 0 Å². The van der Waals surface area contributed by atoms with Crippen molar-refractivity contribution >= 4 is 44.3 Å². The lowest BCUT2D eigenvalue weighted by Gasteiger charge is -1.94. The summed E-state index contributed by atoms with van der Waals surface area (Å²) in [6.45, 7) is 3.65. The van der Waals surface area contributed by atoms with Crippen LogP contribution in [-0.4, -0.2) is 29.9 Å². The molecule has 0 aliphatic heterocycles. The van der Waals surface area contributed by atoms with E-state index in [1.54, 1.807) is 43.3 Å². The Morgan fingerprint density at radius 3 is 1.96 bits per heavy atom. The third-order valence-corrected chi connectivity index (χ3v) is 3.31. The molecule has 0 unspecified atom stereocenters. The fourth-order valence-electron chi connectivity index (χ4n) is 1.82. The van der Waals surface area contributed by atoms with Crippen LogP contribution < -0.4 is 0 Å². The van der Waals surface area contributed by atoms with Crippen LogP contribution in [0.25, 0.3) is 28.4 Å². The van der Waals surface area contributed by atoms with Gasteiger partial charge in [0.2, 0.25) is 0 Å². The molecule has 0 aromatic carbocycles. The Morgan fingerprint density at radius 2 is 1.30 bits per heavy atom. The number of hydrogen-bond donors (Lipinski definition) is 0. The Balaban J connectivity index is 0.000000136. The molecule has 23 heavy (non-hydrogen) atoms. The number of halogens is 1. The molecule has 0 radical (unpaired) electrons. The van der Waals surface area contributed by atoms with Crippen LogP contribution in [0.3, 0.4) is 0 Å². The highest BCUT2D eigenvalue weighted by atomic mass is 79.9. The lowest BCUT2D eigenvalue weighted by molar-refractivity contribution is 1.22. The summed E-state index contributed by atoms with van der Waals surface area (Å²) >= 11 is 3.30. The minimum Gasteiger partial charge on any atom is -0.251 e. The first-order valence-corrected chi connectivity index (χ1v) is 7.47. The molecule has 0 bridgehead atoms. The summed E-state index contributed by atoms with van der Waals surface area (Å²) in [6.07, 6.45) is 11.7. The van der Waals surface area contributed by atoms with Crippen molar-refractivity contribution in [3.05, 3.63) is 65.9 Å². The Bertz CT molecular complexity index is 972. The molecule has 0 N–H and O–H groups in total. The Labute approximate surface area is 140 Å². The third-order valence-electron chi connectivity index (χ3n) is 2.87. The van der Waals surface area contributed by atoms with Gasteiger partial charge >= 0.3 is 0 Å². The summed E-state index contributed by atoms with van der Waals surface area (Å²) in [7, 11) is 0.